The highest BCUT2D eigenvalue weighted by Gasteiger charge is 2.24. The fraction of sp³-hybridized carbons (Fsp3) is 0.500. The molecule has 0 radical (unpaired) electrons. The zero-order valence-corrected chi connectivity index (χ0v) is 28.5. The van der Waals surface area contributed by atoms with Crippen molar-refractivity contribution in [2.45, 2.75) is 110 Å². The Morgan fingerprint density at radius 3 is 2.09 bits per heavy atom. The van der Waals surface area contributed by atoms with Gasteiger partial charge in [0.1, 0.15) is 5.02 Å². The standard InChI is InChI=1S/C36H49ClN6O3/c1-5-6-7-8-9-10-11-12-13-14-15-16-23-46-35(45)39-29-22-18-20-27(25-29)34(44)38-28-21-17-19-26(24-28)32-40-33-30(37)31(36(2,3)4)41-43(33)42-32/h17-22,24-25,41H,5-16,23H2,1-4H3,(H,38,44)(H,39,45). The molecule has 0 aliphatic carbocycles. The second kappa shape index (κ2) is 17.2. The predicted octanol–water partition coefficient (Wildman–Crippen LogP) is 10.2. The van der Waals surface area contributed by atoms with Gasteiger partial charge in [-0.1, -0.05) is 128 Å². The van der Waals surface area contributed by atoms with Gasteiger partial charge in [0.2, 0.25) is 0 Å². The number of hydrogen-bond donors (Lipinski definition) is 3. The Morgan fingerprint density at radius 1 is 0.848 bits per heavy atom. The van der Waals surface area contributed by atoms with Crippen molar-refractivity contribution < 1.29 is 14.3 Å². The molecule has 2 aromatic heterocycles. The van der Waals surface area contributed by atoms with Crippen LogP contribution >= 0.6 is 11.6 Å². The number of anilines is 2. The summed E-state index contributed by atoms with van der Waals surface area (Å²) in [6, 6.07) is 14.1. The molecule has 0 bridgehead atoms. The number of carbonyl (C=O) groups is 2. The van der Waals surface area contributed by atoms with Crippen molar-refractivity contribution in [1.29, 1.82) is 0 Å². The molecule has 248 valence electrons. The highest BCUT2D eigenvalue weighted by Crippen LogP contribution is 2.32. The molecule has 0 saturated heterocycles. The monoisotopic (exact) mass is 648 g/mol. The molecule has 2 heterocycles. The number of nitrogens with one attached hydrogen (secondary N) is 3. The van der Waals surface area contributed by atoms with Crippen molar-refractivity contribution in [2.75, 3.05) is 17.2 Å². The lowest BCUT2D eigenvalue weighted by Crippen LogP contribution is -2.16. The van der Waals surface area contributed by atoms with Gasteiger partial charge in [-0.25, -0.2) is 9.78 Å². The third-order valence-electron chi connectivity index (χ3n) is 7.97. The van der Waals surface area contributed by atoms with Crippen LogP contribution in [0.4, 0.5) is 16.2 Å². The summed E-state index contributed by atoms with van der Waals surface area (Å²) >= 11 is 6.58. The van der Waals surface area contributed by atoms with Crippen LogP contribution in [0.1, 0.15) is 121 Å². The van der Waals surface area contributed by atoms with Crippen LogP contribution in [-0.4, -0.2) is 38.4 Å². The van der Waals surface area contributed by atoms with E-state index in [4.69, 9.17) is 16.3 Å². The van der Waals surface area contributed by atoms with E-state index in [1.807, 2.05) is 12.1 Å². The van der Waals surface area contributed by atoms with Gasteiger partial charge in [-0.3, -0.25) is 15.2 Å². The summed E-state index contributed by atoms with van der Waals surface area (Å²) in [7, 11) is 0. The van der Waals surface area contributed by atoms with Crippen LogP contribution in [0.3, 0.4) is 0 Å². The molecule has 0 atom stereocenters. The zero-order valence-electron chi connectivity index (χ0n) is 27.8. The van der Waals surface area contributed by atoms with Crippen LogP contribution in [-0.2, 0) is 10.2 Å². The first kappa shape index (κ1) is 35.0. The van der Waals surface area contributed by atoms with Gasteiger partial charge in [-0.15, -0.1) is 5.10 Å². The number of aromatic amines is 1. The van der Waals surface area contributed by atoms with E-state index < -0.39 is 6.09 Å². The molecule has 9 nitrogen and oxygen atoms in total. The maximum absolute atomic E-state index is 13.1. The number of amides is 2. The number of fused-ring (bicyclic) bond motifs is 1. The number of rotatable bonds is 17. The van der Waals surface area contributed by atoms with Crippen molar-refractivity contribution in [3.8, 4) is 11.4 Å². The van der Waals surface area contributed by atoms with Crippen molar-refractivity contribution in [3.05, 3.63) is 64.8 Å². The number of halogens is 1. The van der Waals surface area contributed by atoms with E-state index in [0.29, 0.717) is 40.0 Å². The number of benzene rings is 2. The highest BCUT2D eigenvalue weighted by atomic mass is 35.5. The number of hydrogen-bond acceptors (Lipinski definition) is 5. The Hall–Kier alpha value is -3.85. The normalized spacial score (nSPS) is 11.6. The Balaban J connectivity index is 1.20. The summed E-state index contributed by atoms with van der Waals surface area (Å²) in [5, 5.41) is 14.0. The Bertz CT molecular complexity index is 1570. The number of H-pyrrole nitrogens is 1. The number of nitrogens with zero attached hydrogens (tertiary/aromatic N) is 3. The fourth-order valence-corrected chi connectivity index (χ4v) is 5.81. The second-order valence-corrected chi connectivity index (χ2v) is 13.4. The summed E-state index contributed by atoms with van der Waals surface area (Å²) < 4.78 is 6.94. The van der Waals surface area contributed by atoms with Gasteiger partial charge in [0, 0.05) is 27.9 Å². The van der Waals surface area contributed by atoms with E-state index in [-0.39, 0.29) is 11.3 Å². The van der Waals surface area contributed by atoms with Gasteiger partial charge < -0.3 is 10.1 Å². The average molecular weight is 649 g/mol. The van der Waals surface area contributed by atoms with Gasteiger partial charge in [0.25, 0.3) is 5.91 Å². The Labute approximate surface area is 277 Å². The Kier molecular flexibility index (Phi) is 13.1. The van der Waals surface area contributed by atoms with E-state index >= 15 is 0 Å². The van der Waals surface area contributed by atoms with Crippen LogP contribution in [0.5, 0.6) is 0 Å². The first-order valence-electron chi connectivity index (χ1n) is 16.8. The SMILES string of the molecule is CCCCCCCCCCCCCCOC(=O)Nc1cccc(C(=O)Nc2cccc(-c3nc4c(Cl)c(C(C)(C)C)[nH]n4n3)c2)c1. The largest absolute Gasteiger partial charge is 0.449 e. The van der Waals surface area contributed by atoms with Crippen molar-refractivity contribution in [2.24, 2.45) is 0 Å². The molecule has 2 aromatic carbocycles. The molecule has 10 heteroatoms. The first-order chi connectivity index (χ1) is 22.2. The van der Waals surface area contributed by atoms with Crippen LogP contribution < -0.4 is 10.6 Å². The van der Waals surface area contributed by atoms with Crippen LogP contribution in [0.25, 0.3) is 17.0 Å². The molecular formula is C36H49ClN6O3. The molecule has 3 N–H and O–H groups in total. The molecule has 2 amide bonds. The van der Waals surface area contributed by atoms with Crippen molar-refractivity contribution in [3.63, 3.8) is 0 Å². The first-order valence-corrected chi connectivity index (χ1v) is 17.1. The van der Waals surface area contributed by atoms with Gasteiger partial charge in [0.15, 0.2) is 11.5 Å². The summed E-state index contributed by atoms with van der Waals surface area (Å²) in [5.74, 6) is 0.173. The molecule has 4 rings (SSSR count). The number of aromatic nitrogens is 4. The lowest BCUT2D eigenvalue weighted by molar-refractivity contribution is 0.102. The molecule has 0 fully saturated rings. The van der Waals surface area contributed by atoms with Crippen molar-refractivity contribution >= 4 is 40.6 Å². The fourth-order valence-electron chi connectivity index (χ4n) is 5.36. The maximum Gasteiger partial charge on any atom is 0.411 e. The molecular weight excluding hydrogens is 600 g/mol. The van der Waals surface area contributed by atoms with E-state index in [9.17, 15) is 9.59 Å². The van der Waals surface area contributed by atoms with Gasteiger partial charge in [-0.2, -0.15) is 4.63 Å². The third-order valence-corrected chi connectivity index (χ3v) is 8.33. The molecule has 4 aromatic rings. The highest BCUT2D eigenvalue weighted by molar-refractivity contribution is 6.34. The lowest BCUT2D eigenvalue weighted by atomic mass is 9.92. The molecule has 0 saturated carbocycles. The minimum atomic E-state index is -0.521. The molecule has 0 aliphatic heterocycles. The van der Waals surface area contributed by atoms with Crippen LogP contribution in [0.15, 0.2) is 48.5 Å². The van der Waals surface area contributed by atoms with Crippen LogP contribution in [0, 0.1) is 0 Å². The van der Waals surface area contributed by atoms with E-state index in [1.165, 1.54) is 64.2 Å². The minimum Gasteiger partial charge on any atom is -0.449 e. The van der Waals surface area contributed by atoms with Crippen molar-refractivity contribution in [1.82, 2.24) is 19.8 Å². The lowest BCUT2D eigenvalue weighted by Gasteiger charge is -2.16. The molecule has 0 spiro atoms. The summed E-state index contributed by atoms with van der Waals surface area (Å²) in [5.41, 5.74) is 3.44. The van der Waals surface area contributed by atoms with Gasteiger partial charge >= 0.3 is 6.09 Å². The maximum atomic E-state index is 13.1. The number of ether oxygens (including phenoxy) is 1. The Morgan fingerprint density at radius 2 is 1.46 bits per heavy atom. The summed E-state index contributed by atoms with van der Waals surface area (Å²) in [6.45, 7) is 8.83. The van der Waals surface area contributed by atoms with Gasteiger partial charge in [0.05, 0.1) is 12.3 Å². The minimum absolute atomic E-state index is 0.178. The quantitative estimate of drug-likeness (QED) is 0.0986. The molecule has 46 heavy (non-hydrogen) atoms. The predicted molar refractivity (Wildman–Crippen MR) is 187 cm³/mol. The zero-order chi connectivity index (χ0) is 32.9. The molecule has 0 unspecified atom stereocenters. The average Bonchev–Trinajstić information content (AvgIpc) is 3.59. The van der Waals surface area contributed by atoms with Gasteiger partial charge in [-0.05, 0) is 36.8 Å². The number of carbonyl (C=O) groups excluding carboxylic acids is 2. The summed E-state index contributed by atoms with van der Waals surface area (Å²) in [6.07, 6.45) is 14.5. The topological polar surface area (TPSA) is 113 Å². The van der Waals surface area contributed by atoms with E-state index in [0.717, 1.165) is 24.1 Å². The number of unbranched alkanes of at least 4 members (excludes halogenated alkanes) is 11. The van der Waals surface area contributed by atoms with Crippen LogP contribution in [0.2, 0.25) is 5.02 Å². The second-order valence-electron chi connectivity index (χ2n) is 13.0. The smallest absolute Gasteiger partial charge is 0.411 e. The van der Waals surface area contributed by atoms with E-state index in [1.54, 1.807) is 41.0 Å². The molecule has 0 aliphatic rings. The summed E-state index contributed by atoms with van der Waals surface area (Å²) in [4.78, 5) is 30.0. The van der Waals surface area contributed by atoms with E-state index in [2.05, 4.69) is 53.5 Å². The third kappa shape index (κ3) is 10.3.